The highest BCUT2D eigenvalue weighted by Crippen LogP contribution is 2.23. The van der Waals surface area contributed by atoms with Gasteiger partial charge in [0.25, 0.3) is 15.9 Å². The van der Waals surface area contributed by atoms with Crippen molar-refractivity contribution in [1.29, 1.82) is 0 Å². The van der Waals surface area contributed by atoms with Gasteiger partial charge in [-0.15, -0.1) is 6.42 Å². The number of hydrogen-bond acceptors (Lipinski definition) is 4. The number of sulfonamides is 1. The third-order valence-corrected chi connectivity index (χ3v) is 7.07. The molecule has 0 spiro atoms. The van der Waals surface area contributed by atoms with E-state index >= 15 is 0 Å². The molecule has 0 saturated carbocycles. The van der Waals surface area contributed by atoms with Crippen LogP contribution in [-0.4, -0.2) is 18.9 Å². The second-order valence-electron chi connectivity index (χ2n) is 6.96. The molecule has 0 bridgehead atoms. The molecule has 0 atom stereocenters. The maximum atomic E-state index is 14.3. The molecule has 1 heterocycles. The Kier molecular flexibility index (Phi) is 6.28. The standard InChI is InChI=1S/C23H14F3N3O3S2/c1-2-11-29-21-19(26)12-16(25)13-20(21)33-23(29)27-22(30)14-3-7-17(8-4-14)28-34(31,32)18-9-5-15(24)6-10-18/h1,3-10,12-13,28H,11H2. The van der Waals surface area contributed by atoms with E-state index in [1.165, 1.54) is 28.8 Å². The number of nitrogens with one attached hydrogen (secondary N) is 1. The van der Waals surface area contributed by atoms with Crippen molar-refractivity contribution in [3.8, 4) is 12.3 Å². The number of benzene rings is 3. The molecule has 0 aliphatic rings. The van der Waals surface area contributed by atoms with Crippen LogP contribution in [0, 0.1) is 29.8 Å². The number of aromatic nitrogens is 1. The minimum Gasteiger partial charge on any atom is -0.302 e. The van der Waals surface area contributed by atoms with Gasteiger partial charge in [-0.2, -0.15) is 4.99 Å². The Balaban J connectivity index is 1.63. The van der Waals surface area contributed by atoms with Crippen LogP contribution >= 0.6 is 11.3 Å². The first-order valence-corrected chi connectivity index (χ1v) is 11.9. The highest BCUT2D eigenvalue weighted by atomic mass is 32.2. The molecule has 0 aliphatic carbocycles. The van der Waals surface area contributed by atoms with E-state index < -0.39 is 33.4 Å². The SMILES string of the molecule is C#CCn1c(=NC(=O)c2ccc(NS(=O)(=O)c3ccc(F)cc3)cc2)sc2cc(F)cc(F)c21. The number of anilines is 1. The molecule has 4 rings (SSSR count). The molecule has 1 aromatic heterocycles. The smallest absolute Gasteiger partial charge is 0.279 e. The van der Waals surface area contributed by atoms with Gasteiger partial charge in [-0.05, 0) is 54.6 Å². The minimum absolute atomic E-state index is 0.0430. The summed E-state index contributed by atoms with van der Waals surface area (Å²) < 4.78 is 69.6. The molecule has 0 aliphatic heterocycles. The van der Waals surface area contributed by atoms with E-state index in [0.29, 0.717) is 0 Å². The van der Waals surface area contributed by atoms with E-state index in [0.717, 1.165) is 47.7 Å². The van der Waals surface area contributed by atoms with E-state index in [2.05, 4.69) is 15.6 Å². The van der Waals surface area contributed by atoms with Crippen LogP contribution in [0.3, 0.4) is 0 Å². The molecule has 1 amide bonds. The summed E-state index contributed by atoms with van der Waals surface area (Å²) in [5.74, 6) is -0.496. The van der Waals surface area contributed by atoms with Gasteiger partial charge in [0, 0.05) is 17.3 Å². The lowest BCUT2D eigenvalue weighted by Crippen LogP contribution is -2.17. The van der Waals surface area contributed by atoms with Crippen LogP contribution in [0.2, 0.25) is 0 Å². The van der Waals surface area contributed by atoms with E-state index in [1.807, 2.05) is 0 Å². The highest BCUT2D eigenvalue weighted by molar-refractivity contribution is 7.92. The van der Waals surface area contributed by atoms with Crippen LogP contribution in [-0.2, 0) is 16.6 Å². The van der Waals surface area contributed by atoms with Crippen LogP contribution in [0.1, 0.15) is 10.4 Å². The Labute approximate surface area is 196 Å². The number of hydrogen-bond donors (Lipinski definition) is 1. The van der Waals surface area contributed by atoms with E-state index in [-0.39, 0.29) is 37.7 Å². The van der Waals surface area contributed by atoms with Gasteiger partial charge in [-0.1, -0.05) is 17.3 Å². The van der Waals surface area contributed by atoms with E-state index in [9.17, 15) is 26.4 Å². The molecule has 1 N–H and O–H groups in total. The van der Waals surface area contributed by atoms with Crippen LogP contribution in [0.25, 0.3) is 10.2 Å². The highest BCUT2D eigenvalue weighted by Gasteiger charge is 2.16. The number of halogens is 3. The second kappa shape index (κ2) is 9.17. The number of rotatable bonds is 5. The monoisotopic (exact) mass is 501 g/mol. The fourth-order valence-electron chi connectivity index (χ4n) is 3.11. The van der Waals surface area contributed by atoms with Crippen LogP contribution in [0.15, 0.2) is 70.6 Å². The zero-order valence-corrected chi connectivity index (χ0v) is 18.8. The molecule has 34 heavy (non-hydrogen) atoms. The minimum atomic E-state index is -3.96. The summed E-state index contributed by atoms with van der Waals surface area (Å²) in [7, 11) is -3.96. The van der Waals surface area contributed by atoms with Crippen molar-refractivity contribution in [1.82, 2.24) is 4.57 Å². The van der Waals surface area contributed by atoms with Crippen molar-refractivity contribution in [2.75, 3.05) is 4.72 Å². The van der Waals surface area contributed by atoms with Gasteiger partial charge >= 0.3 is 0 Å². The molecular formula is C23H14F3N3O3S2. The summed E-state index contributed by atoms with van der Waals surface area (Å²) in [5.41, 5.74) is 0.338. The molecule has 172 valence electrons. The van der Waals surface area contributed by atoms with Crippen molar-refractivity contribution >= 4 is 43.2 Å². The van der Waals surface area contributed by atoms with Crippen LogP contribution < -0.4 is 9.52 Å². The first kappa shape index (κ1) is 23.3. The van der Waals surface area contributed by atoms with Gasteiger partial charge in [0.1, 0.15) is 11.6 Å². The van der Waals surface area contributed by atoms with Gasteiger partial charge in [-0.25, -0.2) is 21.6 Å². The molecule has 0 saturated heterocycles. The predicted octanol–water partition coefficient (Wildman–Crippen LogP) is 4.30. The normalized spacial score (nSPS) is 12.0. The third kappa shape index (κ3) is 4.73. The Morgan fingerprint density at radius 3 is 2.35 bits per heavy atom. The molecule has 0 unspecified atom stereocenters. The lowest BCUT2D eigenvalue weighted by molar-refractivity contribution is 0.0998. The van der Waals surface area contributed by atoms with Gasteiger partial charge in [0.2, 0.25) is 0 Å². The Bertz CT molecular complexity index is 1620. The lowest BCUT2D eigenvalue weighted by Gasteiger charge is -2.08. The second-order valence-corrected chi connectivity index (χ2v) is 9.65. The zero-order valence-electron chi connectivity index (χ0n) is 17.1. The van der Waals surface area contributed by atoms with Gasteiger partial charge < -0.3 is 4.57 Å². The topological polar surface area (TPSA) is 80.5 Å². The first-order chi connectivity index (χ1) is 16.2. The Morgan fingerprint density at radius 1 is 1.03 bits per heavy atom. The lowest BCUT2D eigenvalue weighted by atomic mass is 10.2. The van der Waals surface area contributed by atoms with Crippen LogP contribution in [0.5, 0.6) is 0 Å². The van der Waals surface area contributed by atoms with E-state index in [1.54, 1.807) is 0 Å². The van der Waals surface area contributed by atoms with Gasteiger partial charge in [0.05, 0.1) is 21.7 Å². The predicted molar refractivity (Wildman–Crippen MR) is 122 cm³/mol. The summed E-state index contributed by atoms with van der Waals surface area (Å²) in [6.45, 7) is -0.0846. The number of thiazole rings is 1. The van der Waals surface area contributed by atoms with Gasteiger partial charge in [0.15, 0.2) is 10.6 Å². The molecule has 0 radical (unpaired) electrons. The van der Waals surface area contributed by atoms with E-state index in [4.69, 9.17) is 6.42 Å². The fraction of sp³-hybridized carbons (Fsp3) is 0.0435. The molecule has 3 aromatic carbocycles. The summed E-state index contributed by atoms with van der Waals surface area (Å²) >= 11 is 0.906. The zero-order chi connectivity index (χ0) is 24.5. The number of nitrogens with zero attached hydrogens (tertiary/aromatic N) is 2. The maximum Gasteiger partial charge on any atom is 0.279 e. The van der Waals surface area contributed by atoms with Crippen LogP contribution in [0.4, 0.5) is 18.9 Å². The number of terminal acetylenes is 1. The molecule has 4 aromatic rings. The molecule has 0 fully saturated rings. The Hall–Kier alpha value is -3.88. The van der Waals surface area contributed by atoms with Crippen molar-refractivity contribution in [3.63, 3.8) is 0 Å². The average molecular weight is 502 g/mol. The van der Waals surface area contributed by atoms with Crippen molar-refractivity contribution in [2.45, 2.75) is 11.4 Å². The molecule has 11 heteroatoms. The van der Waals surface area contributed by atoms with Crippen molar-refractivity contribution in [2.24, 2.45) is 4.99 Å². The molecule has 6 nitrogen and oxygen atoms in total. The number of carbonyl (C=O) groups is 1. The maximum absolute atomic E-state index is 14.3. The first-order valence-electron chi connectivity index (χ1n) is 9.57. The van der Waals surface area contributed by atoms with Crippen molar-refractivity contribution < 1.29 is 26.4 Å². The van der Waals surface area contributed by atoms with Gasteiger partial charge in [-0.3, -0.25) is 9.52 Å². The third-order valence-electron chi connectivity index (χ3n) is 4.65. The summed E-state index contributed by atoms with van der Waals surface area (Å²) in [4.78, 5) is 16.6. The summed E-state index contributed by atoms with van der Waals surface area (Å²) in [6, 6.07) is 11.6. The number of fused-ring (bicyclic) bond motifs is 1. The summed E-state index contributed by atoms with van der Waals surface area (Å²) in [6.07, 6.45) is 5.35. The van der Waals surface area contributed by atoms with Crippen molar-refractivity contribution in [3.05, 3.63) is 88.5 Å². The number of carbonyl (C=O) groups excluding carboxylic acids is 1. The largest absolute Gasteiger partial charge is 0.302 e. The quantitative estimate of drug-likeness (QED) is 0.414. The Morgan fingerprint density at radius 2 is 1.71 bits per heavy atom. The number of amides is 1. The fourth-order valence-corrected chi connectivity index (χ4v) is 5.24. The summed E-state index contributed by atoms with van der Waals surface area (Å²) in [5, 5.41) is 0. The molecular weight excluding hydrogens is 487 g/mol. The average Bonchev–Trinajstić information content (AvgIpc) is 3.11.